The van der Waals surface area contributed by atoms with Gasteiger partial charge in [0.05, 0.1) is 0 Å². The van der Waals surface area contributed by atoms with Crippen LogP contribution in [-0.4, -0.2) is 43.7 Å². The van der Waals surface area contributed by atoms with Gasteiger partial charge in [-0.05, 0) is 25.0 Å². The Balaban J connectivity index is 1.97. The van der Waals surface area contributed by atoms with Crippen molar-refractivity contribution in [2.45, 2.75) is 13.8 Å². The van der Waals surface area contributed by atoms with Gasteiger partial charge < -0.3 is 15.1 Å². The molecule has 0 radical (unpaired) electrons. The summed E-state index contributed by atoms with van der Waals surface area (Å²) in [6, 6.07) is 6.38. The minimum Gasteiger partial charge on any atom is -0.368 e. The van der Waals surface area contributed by atoms with Crippen LogP contribution < -0.4 is 10.2 Å². The Morgan fingerprint density at radius 3 is 2.40 bits per heavy atom. The van der Waals surface area contributed by atoms with E-state index in [1.807, 2.05) is 4.90 Å². The monoisotopic (exact) mass is 273 g/mol. The number of piperazine rings is 1. The van der Waals surface area contributed by atoms with Crippen LogP contribution in [0.1, 0.15) is 11.1 Å². The second kappa shape index (κ2) is 6.46. The van der Waals surface area contributed by atoms with Gasteiger partial charge in [-0.2, -0.15) is 0 Å². The second-order valence-electron chi connectivity index (χ2n) is 5.19. The largest absolute Gasteiger partial charge is 0.368 e. The molecule has 108 valence electrons. The highest BCUT2D eigenvalue weighted by Gasteiger charge is 2.22. The van der Waals surface area contributed by atoms with Crippen molar-refractivity contribution in [3.63, 3.8) is 0 Å². The van der Waals surface area contributed by atoms with Gasteiger partial charge in [-0.25, -0.2) is 4.79 Å². The summed E-state index contributed by atoms with van der Waals surface area (Å²) < 4.78 is 0. The molecule has 1 aliphatic heterocycles. The van der Waals surface area contributed by atoms with Gasteiger partial charge in [0.25, 0.3) is 0 Å². The van der Waals surface area contributed by atoms with Gasteiger partial charge in [0, 0.05) is 38.4 Å². The van der Waals surface area contributed by atoms with Gasteiger partial charge in [-0.3, -0.25) is 0 Å². The van der Waals surface area contributed by atoms with Crippen LogP contribution in [0.25, 0.3) is 0 Å². The normalized spacial score (nSPS) is 15.1. The number of carbonyl (C=O) groups is 1. The van der Waals surface area contributed by atoms with Crippen molar-refractivity contribution < 1.29 is 4.79 Å². The van der Waals surface area contributed by atoms with Gasteiger partial charge in [0.2, 0.25) is 0 Å². The number of amides is 2. The zero-order valence-electron chi connectivity index (χ0n) is 12.4. The van der Waals surface area contributed by atoms with Crippen LogP contribution in [0.15, 0.2) is 30.9 Å². The number of anilines is 1. The Labute approximate surface area is 121 Å². The number of hydrogen-bond acceptors (Lipinski definition) is 2. The third-order valence-corrected chi connectivity index (χ3v) is 3.72. The molecule has 2 rings (SSSR count). The van der Waals surface area contributed by atoms with Gasteiger partial charge in [0.15, 0.2) is 0 Å². The summed E-state index contributed by atoms with van der Waals surface area (Å²) in [6.45, 7) is 11.7. The summed E-state index contributed by atoms with van der Waals surface area (Å²) in [5.41, 5.74) is 3.92. The summed E-state index contributed by atoms with van der Waals surface area (Å²) in [5.74, 6) is 0. The maximum atomic E-state index is 11.9. The molecule has 1 heterocycles. The number of para-hydroxylation sites is 1. The Kier molecular flexibility index (Phi) is 4.66. The van der Waals surface area contributed by atoms with E-state index in [9.17, 15) is 4.79 Å². The Bertz CT molecular complexity index is 470. The van der Waals surface area contributed by atoms with E-state index in [0.29, 0.717) is 6.54 Å². The molecule has 0 bridgehead atoms. The predicted octanol–water partition coefficient (Wildman–Crippen LogP) is 2.32. The average molecular weight is 273 g/mol. The molecule has 1 aromatic rings. The first-order chi connectivity index (χ1) is 9.63. The van der Waals surface area contributed by atoms with Crippen molar-refractivity contribution in [2.75, 3.05) is 37.6 Å². The molecule has 0 spiro atoms. The van der Waals surface area contributed by atoms with Gasteiger partial charge in [-0.15, -0.1) is 6.58 Å². The first-order valence-corrected chi connectivity index (χ1v) is 7.08. The van der Waals surface area contributed by atoms with Gasteiger partial charge >= 0.3 is 6.03 Å². The number of benzene rings is 1. The van der Waals surface area contributed by atoms with E-state index in [4.69, 9.17) is 0 Å². The first kappa shape index (κ1) is 14.4. The quantitative estimate of drug-likeness (QED) is 0.858. The fraction of sp³-hybridized carbons (Fsp3) is 0.438. The van der Waals surface area contributed by atoms with E-state index in [2.05, 4.69) is 48.8 Å². The number of nitrogens with one attached hydrogen (secondary N) is 1. The van der Waals surface area contributed by atoms with Crippen molar-refractivity contribution in [1.82, 2.24) is 10.2 Å². The number of carbonyl (C=O) groups excluding carboxylic acids is 1. The van der Waals surface area contributed by atoms with Crippen LogP contribution in [0.5, 0.6) is 0 Å². The van der Waals surface area contributed by atoms with Crippen LogP contribution >= 0.6 is 0 Å². The maximum absolute atomic E-state index is 11.9. The Morgan fingerprint density at radius 1 is 1.25 bits per heavy atom. The van der Waals surface area contributed by atoms with E-state index >= 15 is 0 Å². The smallest absolute Gasteiger partial charge is 0.317 e. The molecule has 20 heavy (non-hydrogen) atoms. The lowest BCUT2D eigenvalue weighted by Crippen LogP contribution is -2.52. The van der Waals surface area contributed by atoms with Crippen LogP contribution in [0, 0.1) is 13.8 Å². The number of hydrogen-bond donors (Lipinski definition) is 1. The zero-order chi connectivity index (χ0) is 14.5. The minimum atomic E-state index is 0.00561. The summed E-state index contributed by atoms with van der Waals surface area (Å²) in [7, 11) is 0. The molecular formula is C16H23N3O. The van der Waals surface area contributed by atoms with Crippen molar-refractivity contribution in [2.24, 2.45) is 0 Å². The lowest BCUT2D eigenvalue weighted by molar-refractivity contribution is 0.195. The molecule has 0 aromatic heterocycles. The van der Waals surface area contributed by atoms with E-state index in [1.165, 1.54) is 16.8 Å². The van der Waals surface area contributed by atoms with Crippen LogP contribution in [0.2, 0.25) is 0 Å². The van der Waals surface area contributed by atoms with Gasteiger partial charge in [-0.1, -0.05) is 24.3 Å². The molecule has 0 aliphatic carbocycles. The lowest BCUT2D eigenvalue weighted by Gasteiger charge is -2.37. The molecule has 1 aromatic carbocycles. The fourth-order valence-electron chi connectivity index (χ4n) is 2.71. The SMILES string of the molecule is C=CCNC(=O)N1CCN(c2c(C)cccc2C)CC1. The highest BCUT2D eigenvalue weighted by Crippen LogP contribution is 2.25. The van der Waals surface area contributed by atoms with Crippen molar-refractivity contribution >= 4 is 11.7 Å². The number of aryl methyl sites for hydroxylation is 2. The third kappa shape index (κ3) is 3.13. The molecule has 0 unspecified atom stereocenters. The number of rotatable bonds is 3. The molecular weight excluding hydrogens is 250 g/mol. The van der Waals surface area contributed by atoms with E-state index in [0.717, 1.165) is 26.2 Å². The zero-order valence-corrected chi connectivity index (χ0v) is 12.4. The molecule has 0 atom stereocenters. The summed E-state index contributed by atoms with van der Waals surface area (Å²) in [6.07, 6.45) is 1.70. The fourth-order valence-corrected chi connectivity index (χ4v) is 2.71. The highest BCUT2D eigenvalue weighted by atomic mass is 16.2. The van der Waals surface area contributed by atoms with E-state index < -0.39 is 0 Å². The standard InChI is InChI=1S/C16H23N3O/c1-4-8-17-16(20)19-11-9-18(10-12-19)15-13(2)6-5-7-14(15)3/h4-7H,1,8-12H2,2-3H3,(H,17,20). The lowest BCUT2D eigenvalue weighted by atomic mass is 10.1. The minimum absolute atomic E-state index is 0.00561. The molecule has 0 saturated carbocycles. The van der Waals surface area contributed by atoms with Crippen LogP contribution in [-0.2, 0) is 0 Å². The molecule has 1 aliphatic rings. The second-order valence-corrected chi connectivity index (χ2v) is 5.19. The average Bonchev–Trinajstić information content (AvgIpc) is 2.45. The third-order valence-electron chi connectivity index (χ3n) is 3.72. The predicted molar refractivity (Wildman–Crippen MR) is 83.3 cm³/mol. The van der Waals surface area contributed by atoms with Crippen LogP contribution in [0.3, 0.4) is 0 Å². The Morgan fingerprint density at radius 2 is 1.85 bits per heavy atom. The van der Waals surface area contributed by atoms with Crippen molar-refractivity contribution in [1.29, 1.82) is 0 Å². The highest BCUT2D eigenvalue weighted by molar-refractivity contribution is 5.74. The summed E-state index contributed by atoms with van der Waals surface area (Å²) >= 11 is 0. The van der Waals surface area contributed by atoms with Gasteiger partial charge in [0.1, 0.15) is 0 Å². The van der Waals surface area contributed by atoms with E-state index in [1.54, 1.807) is 6.08 Å². The number of urea groups is 1. The summed E-state index contributed by atoms with van der Waals surface area (Å²) in [4.78, 5) is 16.1. The molecule has 4 nitrogen and oxygen atoms in total. The molecule has 1 N–H and O–H groups in total. The van der Waals surface area contributed by atoms with Crippen molar-refractivity contribution in [3.8, 4) is 0 Å². The van der Waals surface area contributed by atoms with Crippen molar-refractivity contribution in [3.05, 3.63) is 42.0 Å². The maximum Gasteiger partial charge on any atom is 0.317 e. The Hall–Kier alpha value is -1.97. The topological polar surface area (TPSA) is 35.6 Å². The molecule has 1 fully saturated rings. The molecule has 2 amide bonds. The van der Waals surface area contributed by atoms with Crippen LogP contribution in [0.4, 0.5) is 10.5 Å². The molecule has 4 heteroatoms. The van der Waals surface area contributed by atoms with E-state index in [-0.39, 0.29) is 6.03 Å². The molecule has 1 saturated heterocycles. The first-order valence-electron chi connectivity index (χ1n) is 7.08. The summed E-state index contributed by atoms with van der Waals surface area (Å²) in [5, 5.41) is 2.83. The number of nitrogens with zero attached hydrogens (tertiary/aromatic N) is 2.